The van der Waals surface area contributed by atoms with Gasteiger partial charge in [-0.25, -0.2) is 0 Å². The molecule has 0 amide bonds. The lowest BCUT2D eigenvalue weighted by atomic mass is 9.84. The standard InChI is InChI=1S/C12H23NO/c1-10(9-13)7-8-12(14)11-5-3-2-4-6-11/h10-11H,2-9,13H2,1H3. The van der Waals surface area contributed by atoms with Gasteiger partial charge in [0.05, 0.1) is 0 Å². The van der Waals surface area contributed by atoms with E-state index in [1.54, 1.807) is 0 Å². The minimum absolute atomic E-state index is 0.383. The Morgan fingerprint density at radius 1 is 1.36 bits per heavy atom. The van der Waals surface area contributed by atoms with Gasteiger partial charge >= 0.3 is 0 Å². The molecule has 2 N–H and O–H groups in total. The molecule has 0 radical (unpaired) electrons. The molecule has 0 heterocycles. The zero-order valence-corrected chi connectivity index (χ0v) is 9.30. The van der Waals surface area contributed by atoms with Crippen LogP contribution in [0.1, 0.15) is 51.9 Å². The van der Waals surface area contributed by atoms with Crippen LogP contribution in [0.3, 0.4) is 0 Å². The third-order valence-corrected chi connectivity index (χ3v) is 3.35. The third kappa shape index (κ3) is 3.79. The molecule has 14 heavy (non-hydrogen) atoms. The molecular weight excluding hydrogens is 174 g/mol. The van der Waals surface area contributed by atoms with Crippen LogP contribution in [-0.2, 0) is 4.79 Å². The van der Waals surface area contributed by atoms with Gasteiger partial charge in [0.1, 0.15) is 5.78 Å². The Labute approximate surface area is 87.2 Å². The number of ketones is 1. The van der Waals surface area contributed by atoms with E-state index in [1.807, 2.05) is 0 Å². The van der Waals surface area contributed by atoms with Crippen LogP contribution >= 0.6 is 0 Å². The van der Waals surface area contributed by atoms with Crippen LogP contribution < -0.4 is 5.73 Å². The maximum absolute atomic E-state index is 11.8. The van der Waals surface area contributed by atoms with Crippen molar-refractivity contribution < 1.29 is 4.79 Å². The van der Waals surface area contributed by atoms with Gasteiger partial charge in [-0.15, -0.1) is 0 Å². The van der Waals surface area contributed by atoms with Gasteiger partial charge in [-0.1, -0.05) is 26.2 Å². The summed E-state index contributed by atoms with van der Waals surface area (Å²) >= 11 is 0. The van der Waals surface area contributed by atoms with E-state index in [-0.39, 0.29) is 0 Å². The van der Waals surface area contributed by atoms with E-state index in [2.05, 4.69) is 6.92 Å². The fourth-order valence-corrected chi connectivity index (χ4v) is 2.14. The number of carbonyl (C=O) groups is 1. The first kappa shape index (κ1) is 11.7. The van der Waals surface area contributed by atoms with Crippen molar-refractivity contribution in [3.05, 3.63) is 0 Å². The highest BCUT2D eigenvalue weighted by molar-refractivity contribution is 5.81. The Hall–Kier alpha value is -0.370. The van der Waals surface area contributed by atoms with Gasteiger partial charge in [-0.05, 0) is 31.7 Å². The van der Waals surface area contributed by atoms with Crippen LogP contribution in [0, 0.1) is 11.8 Å². The first-order chi connectivity index (χ1) is 6.74. The average molecular weight is 197 g/mol. The van der Waals surface area contributed by atoms with Crippen LogP contribution in [0.4, 0.5) is 0 Å². The summed E-state index contributed by atoms with van der Waals surface area (Å²) in [5, 5.41) is 0. The van der Waals surface area contributed by atoms with Crippen LogP contribution in [0.25, 0.3) is 0 Å². The molecule has 1 atom stereocenters. The van der Waals surface area contributed by atoms with Gasteiger partial charge in [0, 0.05) is 12.3 Å². The quantitative estimate of drug-likeness (QED) is 0.736. The number of carbonyl (C=O) groups excluding carboxylic acids is 1. The monoisotopic (exact) mass is 197 g/mol. The Balaban J connectivity index is 2.19. The molecule has 1 fully saturated rings. The lowest BCUT2D eigenvalue weighted by Crippen LogP contribution is -2.19. The van der Waals surface area contributed by atoms with E-state index in [9.17, 15) is 4.79 Å². The molecule has 0 bridgehead atoms. The van der Waals surface area contributed by atoms with Crippen molar-refractivity contribution in [2.75, 3.05) is 6.54 Å². The fraction of sp³-hybridized carbons (Fsp3) is 0.917. The minimum atomic E-state index is 0.383. The van der Waals surface area contributed by atoms with E-state index >= 15 is 0 Å². The van der Waals surface area contributed by atoms with Gasteiger partial charge in [0.15, 0.2) is 0 Å². The molecule has 1 saturated carbocycles. The summed E-state index contributed by atoms with van der Waals surface area (Å²) in [7, 11) is 0. The third-order valence-electron chi connectivity index (χ3n) is 3.35. The van der Waals surface area contributed by atoms with Gasteiger partial charge in [0.2, 0.25) is 0 Å². The molecule has 2 nitrogen and oxygen atoms in total. The van der Waals surface area contributed by atoms with Crippen molar-refractivity contribution in [1.82, 2.24) is 0 Å². The lowest BCUT2D eigenvalue weighted by Gasteiger charge is -2.20. The first-order valence-corrected chi connectivity index (χ1v) is 5.96. The van der Waals surface area contributed by atoms with Crippen molar-refractivity contribution >= 4 is 5.78 Å². The highest BCUT2D eigenvalue weighted by atomic mass is 16.1. The summed E-state index contributed by atoms with van der Waals surface area (Å²) in [6, 6.07) is 0. The summed E-state index contributed by atoms with van der Waals surface area (Å²) in [6.07, 6.45) is 7.83. The smallest absolute Gasteiger partial charge is 0.135 e. The van der Waals surface area contributed by atoms with Crippen molar-refractivity contribution in [2.45, 2.75) is 51.9 Å². The molecule has 0 aromatic rings. The van der Waals surface area contributed by atoms with E-state index in [0.29, 0.717) is 24.2 Å². The van der Waals surface area contributed by atoms with Gasteiger partial charge in [-0.2, -0.15) is 0 Å². The largest absolute Gasteiger partial charge is 0.330 e. The normalized spacial score (nSPS) is 20.7. The predicted molar refractivity (Wildman–Crippen MR) is 59.0 cm³/mol. The molecule has 0 aromatic carbocycles. The second-order valence-corrected chi connectivity index (χ2v) is 4.68. The maximum Gasteiger partial charge on any atom is 0.135 e. The summed E-state index contributed by atoms with van der Waals surface area (Å²) in [6.45, 7) is 2.83. The Morgan fingerprint density at radius 2 is 2.00 bits per heavy atom. The van der Waals surface area contributed by atoms with E-state index < -0.39 is 0 Å². The number of hydrogen-bond acceptors (Lipinski definition) is 2. The van der Waals surface area contributed by atoms with Crippen molar-refractivity contribution in [3.8, 4) is 0 Å². The summed E-state index contributed by atoms with van der Waals surface area (Å²) in [5.74, 6) is 1.38. The number of nitrogens with two attached hydrogens (primary N) is 1. The van der Waals surface area contributed by atoms with Gasteiger partial charge in [-0.3, -0.25) is 4.79 Å². The lowest BCUT2D eigenvalue weighted by molar-refractivity contribution is -0.124. The zero-order chi connectivity index (χ0) is 10.4. The van der Waals surface area contributed by atoms with Crippen molar-refractivity contribution in [1.29, 1.82) is 0 Å². The van der Waals surface area contributed by atoms with Crippen LogP contribution in [0.15, 0.2) is 0 Å². The Bertz CT molecular complexity index is 173. The molecule has 1 aliphatic rings. The average Bonchev–Trinajstić information content (AvgIpc) is 2.26. The molecule has 1 rings (SSSR count). The van der Waals surface area contributed by atoms with E-state index in [4.69, 9.17) is 5.73 Å². The van der Waals surface area contributed by atoms with Crippen molar-refractivity contribution in [3.63, 3.8) is 0 Å². The molecule has 2 heteroatoms. The highest BCUT2D eigenvalue weighted by Gasteiger charge is 2.20. The van der Waals surface area contributed by atoms with Crippen LogP contribution in [0.5, 0.6) is 0 Å². The number of Topliss-reactive ketones (excluding diaryl/α,β-unsaturated/α-hetero) is 1. The molecule has 1 unspecified atom stereocenters. The Kier molecular flexibility index (Phi) is 5.16. The summed E-state index contributed by atoms with van der Waals surface area (Å²) in [5.41, 5.74) is 5.53. The second kappa shape index (κ2) is 6.18. The van der Waals surface area contributed by atoms with E-state index in [1.165, 1.54) is 19.3 Å². The second-order valence-electron chi connectivity index (χ2n) is 4.68. The topological polar surface area (TPSA) is 43.1 Å². The molecule has 0 saturated heterocycles. The van der Waals surface area contributed by atoms with Crippen LogP contribution in [-0.4, -0.2) is 12.3 Å². The SMILES string of the molecule is CC(CN)CCC(=O)C1CCCCC1. The molecule has 1 aliphatic carbocycles. The molecule has 0 spiro atoms. The molecular formula is C12H23NO. The Morgan fingerprint density at radius 3 is 2.57 bits per heavy atom. The first-order valence-electron chi connectivity index (χ1n) is 5.96. The fourth-order valence-electron chi connectivity index (χ4n) is 2.14. The van der Waals surface area contributed by atoms with Gasteiger partial charge < -0.3 is 5.73 Å². The summed E-state index contributed by atoms with van der Waals surface area (Å²) < 4.78 is 0. The van der Waals surface area contributed by atoms with E-state index in [0.717, 1.165) is 25.7 Å². The predicted octanol–water partition coefficient (Wildman–Crippen LogP) is 2.51. The molecule has 82 valence electrons. The maximum atomic E-state index is 11.8. The van der Waals surface area contributed by atoms with Crippen molar-refractivity contribution in [2.24, 2.45) is 17.6 Å². The highest BCUT2D eigenvalue weighted by Crippen LogP contribution is 2.26. The molecule has 0 aromatic heterocycles. The van der Waals surface area contributed by atoms with Gasteiger partial charge in [0.25, 0.3) is 0 Å². The zero-order valence-electron chi connectivity index (χ0n) is 9.30. The summed E-state index contributed by atoms with van der Waals surface area (Å²) in [4.78, 5) is 11.8. The number of hydrogen-bond donors (Lipinski definition) is 1. The number of rotatable bonds is 5. The minimum Gasteiger partial charge on any atom is -0.330 e. The molecule has 0 aliphatic heterocycles. The van der Waals surface area contributed by atoms with Crippen LogP contribution in [0.2, 0.25) is 0 Å².